The van der Waals surface area contributed by atoms with Crippen LogP contribution in [0.3, 0.4) is 0 Å². The number of aryl methyl sites for hydroxylation is 1. The third-order valence-corrected chi connectivity index (χ3v) is 3.42. The van der Waals surface area contributed by atoms with E-state index in [9.17, 15) is 31.1 Å². The first-order valence-electron chi connectivity index (χ1n) is 7.23. The summed E-state index contributed by atoms with van der Waals surface area (Å²) < 4.78 is 82.6. The van der Waals surface area contributed by atoms with Crippen molar-refractivity contribution in [1.29, 1.82) is 0 Å². The fourth-order valence-electron chi connectivity index (χ4n) is 2.14. The highest BCUT2D eigenvalue weighted by Crippen LogP contribution is 2.35. The van der Waals surface area contributed by atoms with Crippen LogP contribution in [0.2, 0.25) is 0 Å². The first-order chi connectivity index (χ1) is 12.5. The van der Waals surface area contributed by atoms with Crippen LogP contribution in [0.15, 0.2) is 17.1 Å². The maximum Gasteiger partial charge on any atom is 0.437 e. The molecule has 12 heteroatoms. The molecule has 1 aromatic carbocycles. The number of nitrogens with two attached hydrogens (primary N) is 1. The van der Waals surface area contributed by atoms with Crippen LogP contribution >= 0.6 is 0 Å². The van der Waals surface area contributed by atoms with Gasteiger partial charge in [0.1, 0.15) is 0 Å². The molecule has 1 heterocycles. The van der Waals surface area contributed by atoms with E-state index in [2.05, 4.69) is 14.8 Å². The van der Waals surface area contributed by atoms with Crippen molar-refractivity contribution in [3.8, 4) is 11.1 Å². The van der Waals surface area contributed by atoms with E-state index < -0.39 is 41.6 Å². The number of aliphatic imine (C=N–C) groups is 1. The summed E-state index contributed by atoms with van der Waals surface area (Å²) in [6.07, 6.45) is -8.12. The maximum atomic E-state index is 13.5. The van der Waals surface area contributed by atoms with Gasteiger partial charge in [0.2, 0.25) is 0 Å². The van der Waals surface area contributed by atoms with Crippen molar-refractivity contribution in [3.63, 3.8) is 0 Å². The largest absolute Gasteiger partial charge is 0.437 e. The Kier molecular flexibility index (Phi) is 5.47. The van der Waals surface area contributed by atoms with Crippen LogP contribution in [0.1, 0.15) is 12.6 Å². The molecule has 0 aliphatic heterocycles. The zero-order valence-corrected chi connectivity index (χ0v) is 13.8. The molecule has 0 saturated carbocycles. The fourth-order valence-corrected chi connectivity index (χ4v) is 2.14. The van der Waals surface area contributed by atoms with Gasteiger partial charge < -0.3 is 10.5 Å². The van der Waals surface area contributed by atoms with Gasteiger partial charge in [-0.05, 0) is 31.5 Å². The van der Waals surface area contributed by atoms with Gasteiger partial charge in [-0.15, -0.1) is 4.68 Å². The summed E-state index contributed by atoms with van der Waals surface area (Å²) in [5.41, 5.74) is 4.72. The number of hydrogen-bond donors (Lipinski definition) is 1. The summed E-state index contributed by atoms with van der Waals surface area (Å²) >= 11 is 0. The highest BCUT2D eigenvalue weighted by Gasteiger charge is 2.40. The zero-order valence-electron chi connectivity index (χ0n) is 13.8. The minimum absolute atomic E-state index is 0.0439. The SMILES string of the molecule is Cc1nn(C(=O)OC(C)C(F)(F)F)c(/N=C\N)c1-c1cc(F)c(F)c(F)c1. The van der Waals surface area contributed by atoms with Crippen LogP contribution in [0, 0.1) is 24.4 Å². The summed E-state index contributed by atoms with van der Waals surface area (Å²) in [6, 6.07) is 1.23. The number of aromatic nitrogens is 2. The molecule has 0 fully saturated rings. The van der Waals surface area contributed by atoms with E-state index >= 15 is 0 Å². The topological polar surface area (TPSA) is 82.5 Å². The second-order valence-electron chi connectivity index (χ2n) is 5.30. The minimum atomic E-state index is -4.82. The number of hydrogen-bond acceptors (Lipinski definition) is 4. The lowest BCUT2D eigenvalue weighted by Crippen LogP contribution is -2.32. The van der Waals surface area contributed by atoms with Crippen LogP contribution in [0.5, 0.6) is 0 Å². The number of halogens is 6. The summed E-state index contributed by atoms with van der Waals surface area (Å²) in [7, 11) is 0. The van der Waals surface area contributed by atoms with Crippen molar-refractivity contribution in [2.75, 3.05) is 0 Å². The van der Waals surface area contributed by atoms with Crippen molar-refractivity contribution >= 4 is 18.2 Å². The molecule has 0 aliphatic rings. The van der Waals surface area contributed by atoms with E-state index in [4.69, 9.17) is 5.73 Å². The number of carbonyl (C=O) groups is 1. The predicted molar refractivity (Wildman–Crippen MR) is 82.0 cm³/mol. The Morgan fingerprint density at radius 1 is 1.30 bits per heavy atom. The normalized spacial score (nSPS) is 13.2. The molecule has 1 atom stereocenters. The van der Waals surface area contributed by atoms with E-state index in [0.717, 1.165) is 0 Å². The molecule has 0 aliphatic carbocycles. The van der Waals surface area contributed by atoms with Gasteiger partial charge in [0.05, 0.1) is 17.6 Å². The summed E-state index contributed by atoms with van der Waals surface area (Å²) in [4.78, 5) is 15.6. The van der Waals surface area contributed by atoms with Gasteiger partial charge in [-0.2, -0.15) is 18.3 Å². The molecule has 2 N–H and O–H groups in total. The van der Waals surface area contributed by atoms with Gasteiger partial charge in [-0.1, -0.05) is 0 Å². The Morgan fingerprint density at radius 2 is 1.85 bits per heavy atom. The average Bonchev–Trinajstić information content (AvgIpc) is 2.88. The molecule has 0 amide bonds. The lowest BCUT2D eigenvalue weighted by molar-refractivity contribution is -0.197. The van der Waals surface area contributed by atoms with E-state index in [-0.39, 0.29) is 16.8 Å². The maximum absolute atomic E-state index is 13.5. The van der Waals surface area contributed by atoms with Crippen molar-refractivity contribution in [1.82, 2.24) is 9.78 Å². The number of rotatable bonds is 3. The predicted octanol–water partition coefficient (Wildman–Crippen LogP) is 3.83. The van der Waals surface area contributed by atoms with Gasteiger partial charge >= 0.3 is 12.3 Å². The quantitative estimate of drug-likeness (QED) is 0.371. The first kappa shape index (κ1) is 20.3. The van der Waals surface area contributed by atoms with E-state index in [1.165, 1.54) is 6.92 Å². The molecule has 2 rings (SSSR count). The Hall–Kier alpha value is -3.05. The molecule has 0 saturated heterocycles. The van der Waals surface area contributed by atoms with Crippen molar-refractivity contribution in [2.24, 2.45) is 10.7 Å². The zero-order chi connectivity index (χ0) is 20.5. The number of benzene rings is 1. The molecule has 146 valence electrons. The van der Waals surface area contributed by atoms with E-state index in [1.807, 2.05) is 0 Å². The average molecular weight is 394 g/mol. The molecule has 0 spiro atoms. The van der Waals surface area contributed by atoms with Crippen LogP contribution in [-0.4, -0.2) is 34.5 Å². The third-order valence-electron chi connectivity index (χ3n) is 3.42. The number of carbonyl (C=O) groups excluding carboxylic acids is 1. The standard InChI is InChI=1S/C15H12F6N4O2/c1-6-11(8-3-9(16)12(18)10(17)4-8)13(23-5-22)25(24-6)14(26)27-7(2)15(19,20)21/h3-5,7H,1-2H3,(H2,22,23). The van der Waals surface area contributed by atoms with Crippen LogP contribution < -0.4 is 5.73 Å². The summed E-state index contributed by atoms with van der Waals surface area (Å²) in [5, 5.41) is 3.69. The summed E-state index contributed by atoms with van der Waals surface area (Å²) in [5.74, 6) is -5.20. The second-order valence-corrected chi connectivity index (χ2v) is 5.30. The van der Waals surface area contributed by atoms with Crippen molar-refractivity contribution in [2.45, 2.75) is 26.1 Å². The van der Waals surface area contributed by atoms with Gasteiger partial charge in [0.15, 0.2) is 29.4 Å². The third kappa shape index (κ3) is 4.04. The molecule has 0 radical (unpaired) electrons. The van der Waals surface area contributed by atoms with Crippen LogP contribution in [0.25, 0.3) is 11.1 Å². The number of nitrogens with zero attached hydrogens (tertiary/aromatic N) is 3. The van der Waals surface area contributed by atoms with Crippen molar-refractivity contribution in [3.05, 3.63) is 35.3 Å². The van der Waals surface area contributed by atoms with Gasteiger partial charge in [-0.3, -0.25) is 0 Å². The highest BCUT2D eigenvalue weighted by atomic mass is 19.4. The number of ether oxygens (including phenoxy) is 1. The lowest BCUT2D eigenvalue weighted by Gasteiger charge is -2.16. The molecule has 27 heavy (non-hydrogen) atoms. The molecule has 1 unspecified atom stereocenters. The highest BCUT2D eigenvalue weighted by molar-refractivity contribution is 5.85. The monoisotopic (exact) mass is 394 g/mol. The lowest BCUT2D eigenvalue weighted by atomic mass is 10.1. The van der Waals surface area contributed by atoms with Crippen LogP contribution in [-0.2, 0) is 4.74 Å². The second kappa shape index (κ2) is 7.29. The minimum Gasteiger partial charge on any atom is -0.435 e. The van der Waals surface area contributed by atoms with Gasteiger partial charge in [0, 0.05) is 0 Å². The Balaban J connectivity index is 2.58. The number of alkyl halides is 3. The van der Waals surface area contributed by atoms with E-state index in [1.54, 1.807) is 0 Å². The van der Waals surface area contributed by atoms with Gasteiger partial charge in [0.25, 0.3) is 0 Å². The molecule has 0 bridgehead atoms. The fraction of sp³-hybridized carbons (Fsp3) is 0.267. The van der Waals surface area contributed by atoms with E-state index in [0.29, 0.717) is 30.1 Å². The van der Waals surface area contributed by atoms with Crippen LogP contribution in [0.4, 0.5) is 37.0 Å². The Morgan fingerprint density at radius 3 is 2.33 bits per heavy atom. The molecule has 2 aromatic rings. The van der Waals surface area contributed by atoms with Gasteiger partial charge in [-0.25, -0.2) is 23.0 Å². The first-order valence-corrected chi connectivity index (χ1v) is 7.23. The molecular weight excluding hydrogens is 382 g/mol. The summed E-state index contributed by atoms with van der Waals surface area (Å²) in [6.45, 7) is 1.90. The molecular formula is C15H12F6N4O2. The molecule has 6 nitrogen and oxygen atoms in total. The smallest absolute Gasteiger partial charge is 0.435 e. The molecule has 1 aromatic heterocycles. The Bertz CT molecular complexity index is 883. The Labute approximate surface area is 148 Å². The van der Waals surface area contributed by atoms with Crippen molar-refractivity contribution < 1.29 is 35.9 Å².